The first-order chi connectivity index (χ1) is 25.9. The van der Waals surface area contributed by atoms with Crippen molar-refractivity contribution in [2.45, 2.75) is 72.0 Å². The fraction of sp³-hybridized carbons (Fsp3) is 0.500. The summed E-state index contributed by atoms with van der Waals surface area (Å²) in [5, 5.41) is 44.7. The summed E-state index contributed by atoms with van der Waals surface area (Å²) in [6.07, 6.45) is 1.19. The molecule has 3 rings (SSSR count). The van der Waals surface area contributed by atoms with E-state index >= 15 is 0 Å². The normalized spacial score (nSPS) is 15.6. The van der Waals surface area contributed by atoms with E-state index in [4.69, 9.17) is 0 Å². The number of nitro groups is 1. The van der Waals surface area contributed by atoms with Gasteiger partial charge in [-0.3, -0.25) is 34.3 Å². The van der Waals surface area contributed by atoms with Crippen LogP contribution in [0.2, 0.25) is 0 Å². The van der Waals surface area contributed by atoms with E-state index in [9.17, 15) is 44.3 Å². The number of nitrogens with zero attached hydrogens (tertiary/aromatic N) is 3. The van der Waals surface area contributed by atoms with Gasteiger partial charge in [0.25, 0.3) is 6.20 Å². The van der Waals surface area contributed by atoms with E-state index in [1.54, 1.807) is 48.5 Å². The van der Waals surface area contributed by atoms with Crippen molar-refractivity contribution < 1.29 is 39.1 Å². The highest BCUT2D eigenvalue weighted by Crippen LogP contribution is 2.19. The molecule has 0 saturated carbocycles. The lowest BCUT2D eigenvalue weighted by atomic mass is 9.92. The van der Waals surface area contributed by atoms with Crippen LogP contribution in [-0.4, -0.2) is 112 Å². The molecule has 1 fully saturated rings. The van der Waals surface area contributed by atoms with E-state index in [2.05, 4.69) is 26.6 Å². The van der Waals surface area contributed by atoms with Gasteiger partial charge in [0.05, 0.1) is 11.3 Å². The number of piperazine rings is 1. The Morgan fingerprint density at radius 1 is 0.764 bits per heavy atom. The maximum Gasteiger partial charge on any atom is 0.327 e. The Balaban J connectivity index is 1.54. The first-order valence-electron chi connectivity index (χ1n) is 18.2. The molecule has 1 aliphatic rings. The molecular formula is C38H54N8O9. The van der Waals surface area contributed by atoms with E-state index in [-0.39, 0.29) is 55.4 Å². The van der Waals surface area contributed by atoms with Gasteiger partial charge >= 0.3 is 11.9 Å². The molecule has 0 aliphatic carbocycles. The van der Waals surface area contributed by atoms with E-state index in [0.29, 0.717) is 43.1 Å². The molecule has 17 heteroatoms. The van der Waals surface area contributed by atoms with Gasteiger partial charge in [-0.05, 0) is 47.6 Å². The van der Waals surface area contributed by atoms with Gasteiger partial charge in [-0.1, -0.05) is 65.0 Å². The molecule has 2 aromatic carbocycles. The Morgan fingerprint density at radius 2 is 1.25 bits per heavy atom. The molecule has 300 valence electrons. The Labute approximate surface area is 321 Å². The van der Waals surface area contributed by atoms with Crippen molar-refractivity contribution >= 4 is 41.0 Å². The second-order valence-electron chi connectivity index (χ2n) is 15.3. The summed E-state index contributed by atoms with van der Waals surface area (Å²) in [5.74, 6) is -3.66. The largest absolute Gasteiger partial charge is 0.480 e. The lowest BCUT2D eigenvalue weighted by molar-refractivity contribution is -0.403. The van der Waals surface area contributed by atoms with Crippen molar-refractivity contribution in [1.82, 2.24) is 25.8 Å². The van der Waals surface area contributed by atoms with Crippen LogP contribution in [0.4, 0.5) is 11.4 Å². The topological polar surface area (TPSA) is 236 Å². The average molecular weight is 767 g/mol. The third-order valence-corrected chi connectivity index (χ3v) is 8.53. The smallest absolute Gasteiger partial charge is 0.327 e. The number of rotatable bonds is 20. The number of amides is 3. The van der Waals surface area contributed by atoms with Gasteiger partial charge in [0.2, 0.25) is 17.7 Å². The van der Waals surface area contributed by atoms with Gasteiger partial charge in [0.1, 0.15) is 18.1 Å². The minimum atomic E-state index is -1.26. The molecule has 3 atom stereocenters. The van der Waals surface area contributed by atoms with Crippen molar-refractivity contribution in [1.29, 1.82) is 0 Å². The quantitative estimate of drug-likeness (QED) is 0.0759. The fourth-order valence-corrected chi connectivity index (χ4v) is 5.91. The van der Waals surface area contributed by atoms with Crippen LogP contribution in [-0.2, 0) is 30.4 Å². The molecule has 55 heavy (non-hydrogen) atoms. The second-order valence-corrected chi connectivity index (χ2v) is 15.3. The van der Waals surface area contributed by atoms with Crippen LogP contribution in [0.1, 0.15) is 53.0 Å². The predicted octanol–water partition coefficient (Wildman–Crippen LogP) is 2.55. The van der Waals surface area contributed by atoms with Crippen LogP contribution < -0.4 is 26.6 Å². The lowest BCUT2D eigenvalue weighted by Crippen LogP contribution is -2.58. The number of aliphatic carboxylic acids is 2. The van der Waals surface area contributed by atoms with Crippen molar-refractivity contribution in [3.63, 3.8) is 0 Å². The summed E-state index contributed by atoms with van der Waals surface area (Å²) in [6.45, 7) is 11.2. The van der Waals surface area contributed by atoms with E-state index in [0.717, 1.165) is 6.20 Å². The number of carbonyl (C=O) groups is 5. The van der Waals surface area contributed by atoms with Crippen LogP contribution in [0.25, 0.3) is 0 Å². The number of benzene rings is 2. The monoisotopic (exact) mass is 766 g/mol. The molecule has 3 unspecified atom stereocenters. The molecule has 1 aliphatic heterocycles. The van der Waals surface area contributed by atoms with Crippen LogP contribution in [0.15, 0.2) is 66.6 Å². The zero-order valence-electron chi connectivity index (χ0n) is 32.0. The highest BCUT2D eigenvalue weighted by Gasteiger charge is 2.31. The molecule has 0 aromatic heterocycles. The predicted molar refractivity (Wildman–Crippen MR) is 206 cm³/mol. The summed E-state index contributed by atoms with van der Waals surface area (Å²) >= 11 is 0. The highest BCUT2D eigenvalue weighted by molar-refractivity contribution is 5.91. The molecule has 0 bridgehead atoms. The second kappa shape index (κ2) is 20.8. The molecule has 17 nitrogen and oxygen atoms in total. The van der Waals surface area contributed by atoms with Gasteiger partial charge in [0.15, 0.2) is 5.82 Å². The van der Waals surface area contributed by atoms with Gasteiger partial charge < -0.3 is 36.8 Å². The Kier molecular flexibility index (Phi) is 16.6. The molecule has 7 N–H and O–H groups in total. The number of carbonyl (C=O) groups excluding carboxylic acids is 3. The first-order valence-corrected chi connectivity index (χ1v) is 18.2. The molecule has 1 saturated heterocycles. The number of para-hydroxylation sites is 1. The summed E-state index contributed by atoms with van der Waals surface area (Å²) < 4.78 is 0. The number of hydrogen-bond donors (Lipinski definition) is 7. The van der Waals surface area contributed by atoms with E-state index < -0.39 is 46.8 Å². The Bertz CT molecular complexity index is 1650. The first kappa shape index (κ1) is 43.9. The maximum atomic E-state index is 13.4. The number of anilines is 2. The summed E-state index contributed by atoms with van der Waals surface area (Å²) in [4.78, 5) is 77.4. The summed E-state index contributed by atoms with van der Waals surface area (Å²) in [6, 6.07) is 12.3. The zero-order chi connectivity index (χ0) is 40.7. The van der Waals surface area contributed by atoms with Crippen molar-refractivity contribution in [2.75, 3.05) is 49.9 Å². The molecular weight excluding hydrogens is 712 g/mol. The third-order valence-electron chi connectivity index (χ3n) is 8.53. The number of hydrogen-bond acceptors (Lipinski definition) is 11. The minimum absolute atomic E-state index is 0.00174. The van der Waals surface area contributed by atoms with Gasteiger partial charge in [-0.25, -0.2) is 9.59 Å². The van der Waals surface area contributed by atoms with E-state index in [1.807, 2.05) is 50.5 Å². The lowest BCUT2D eigenvalue weighted by Gasteiger charge is -2.37. The average Bonchev–Trinajstić information content (AvgIpc) is 3.08. The van der Waals surface area contributed by atoms with Crippen molar-refractivity contribution in [3.8, 4) is 0 Å². The van der Waals surface area contributed by atoms with Crippen molar-refractivity contribution in [2.24, 2.45) is 11.3 Å². The Hall–Kier alpha value is -5.55. The number of carboxylic acid groups (broad SMARTS) is 2. The summed E-state index contributed by atoms with van der Waals surface area (Å²) in [7, 11) is 0. The standard InChI is InChI=1S/C38H54N8O9/c1-25(2)19-29(41-33(47)20-26-11-13-28(14-12-26)40-32(24-46(54)55)39-27-9-7-6-8-10-27)35(49)43-31(37(52)53)23-45-17-15-44(16-18-45)22-30(36(50)51)42-34(48)21-38(3,4)5/h6-14,24-25,29-31,39-40H,15-23H2,1-5H3,(H,41,47)(H,42,48)(H,43,49)(H,50,51)(H,52,53). The van der Waals surface area contributed by atoms with Crippen LogP contribution in [0.3, 0.4) is 0 Å². The molecule has 3 amide bonds. The molecule has 0 radical (unpaired) electrons. The van der Waals surface area contributed by atoms with Crippen molar-refractivity contribution in [3.05, 3.63) is 82.3 Å². The SMILES string of the molecule is CC(C)CC(NC(=O)Cc1ccc(NC(=C[N+](=O)[O-])Nc2ccccc2)cc1)C(=O)NC(CN1CCN(CC(NC(=O)CC(C)(C)C)C(=O)O)CC1)C(=O)O. The summed E-state index contributed by atoms with van der Waals surface area (Å²) in [5.41, 5.74) is 1.50. The van der Waals surface area contributed by atoms with Crippen LogP contribution in [0, 0.1) is 21.4 Å². The minimum Gasteiger partial charge on any atom is -0.480 e. The van der Waals surface area contributed by atoms with Gasteiger partial charge in [-0.2, -0.15) is 0 Å². The Morgan fingerprint density at radius 3 is 1.73 bits per heavy atom. The van der Waals surface area contributed by atoms with Gasteiger partial charge in [-0.15, -0.1) is 0 Å². The molecule has 2 aromatic rings. The number of carboxylic acids is 2. The fourth-order valence-electron chi connectivity index (χ4n) is 5.91. The van der Waals surface area contributed by atoms with Gasteiger partial charge in [0, 0.05) is 57.1 Å². The molecule has 1 heterocycles. The molecule has 0 spiro atoms. The van der Waals surface area contributed by atoms with E-state index in [1.165, 1.54) is 0 Å². The van der Waals surface area contributed by atoms with Crippen LogP contribution in [0.5, 0.6) is 0 Å². The van der Waals surface area contributed by atoms with Crippen LogP contribution >= 0.6 is 0 Å². The zero-order valence-corrected chi connectivity index (χ0v) is 32.0. The maximum absolute atomic E-state index is 13.4. The number of nitrogens with one attached hydrogen (secondary N) is 5. The highest BCUT2D eigenvalue weighted by atomic mass is 16.6. The third kappa shape index (κ3) is 16.6.